The van der Waals surface area contributed by atoms with Crippen LogP contribution in [-0.4, -0.2) is 16.4 Å². The summed E-state index contributed by atoms with van der Waals surface area (Å²) in [5.74, 6) is 0.307. The molecule has 2 aromatic rings. The topological polar surface area (TPSA) is 44.1 Å². The summed E-state index contributed by atoms with van der Waals surface area (Å²) in [6.07, 6.45) is -2.89. The number of rotatable bonds is 4. The van der Waals surface area contributed by atoms with E-state index in [9.17, 15) is 18.0 Å². The first-order chi connectivity index (χ1) is 9.47. The minimum absolute atomic E-state index is 0.141. The molecule has 0 aliphatic rings. The molecule has 4 nitrogen and oxygen atoms in total. The van der Waals surface area contributed by atoms with Crippen molar-refractivity contribution in [3.63, 3.8) is 0 Å². The smallest absolute Gasteiger partial charge is 0.416 e. The number of hydrogen-bond acceptors (Lipinski definition) is 3. The molecular formula is C13H11F3N2O2. The number of nitrogens with zero attached hydrogens (tertiary/aromatic N) is 2. The van der Waals surface area contributed by atoms with Gasteiger partial charge in [0.2, 0.25) is 0 Å². The van der Waals surface area contributed by atoms with E-state index in [0.29, 0.717) is 5.75 Å². The quantitative estimate of drug-likeness (QED) is 0.865. The lowest BCUT2D eigenvalue weighted by Crippen LogP contribution is -2.24. The summed E-state index contributed by atoms with van der Waals surface area (Å²) < 4.78 is 43.5. The first kappa shape index (κ1) is 14.1. The van der Waals surface area contributed by atoms with Crippen molar-refractivity contribution in [3.05, 3.63) is 58.5 Å². The Bertz CT molecular complexity index is 621. The number of halogens is 3. The first-order valence-corrected chi connectivity index (χ1v) is 5.79. The van der Waals surface area contributed by atoms with E-state index in [1.165, 1.54) is 35.1 Å². The average Bonchev–Trinajstić information content (AvgIpc) is 2.40. The van der Waals surface area contributed by atoms with Crippen LogP contribution >= 0.6 is 0 Å². The lowest BCUT2D eigenvalue weighted by Gasteiger charge is -2.09. The molecule has 0 saturated heterocycles. The van der Waals surface area contributed by atoms with E-state index in [2.05, 4.69) is 5.10 Å². The second kappa shape index (κ2) is 5.77. The minimum atomic E-state index is -4.36. The van der Waals surface area contributed by atoms with Crippen molar-refractivity contribution in [1.82, 2.24) is 9.78 Å². The van der Waals surface area contributed by atoms with Gasteiger partial charge in [0.15, 0.2) is 0 Å². The standard InChI is InChI=1S/C13H11F3N2O2/c14-13(15,16)10-3-5-11(6-4-10)20-9-8-18-12(19)2-1-7-17-18/h1-7H,8-9H2. The maximum absolute atomic E-state index is 12.4. The molecule has 0 fully saturated rings. The molecule has 7 heteroatoms. The zero-order valence-electron chi connectivity index (χ0n) is 10.3. The number of alkyl halides is 3. The van der Waals surface area contributed by atoms with Crippen LogP contribution in [0.4, 0.5) is 13.2 Å². The van der Waals surface area contributed by atoms with Crippen LogP contribution in [0.2, 0.25) is 0 Å². The Morgan fingerprint density at radius 1 is 1.15 bits per heavy atom. The lowest BCUT2D eigenvalue weighted by atomic mass is 10.2. The second-order valence-corrected chi connectivity index (χ2v) is 3.96. The molecule has 0 spiro atoms. The van der Waals surface area contributed by atoms with E-state index in [4.69, 9.17) is 4.74 Å². The van der Waals surface area contributed by atoms with Gasteiger partial charge >= 0.3 is 6.18 Å². The fraction of sp³-hybridized carbons (Fsp3) is 0.231. The second-order valence-electron chi connectivity index (χ2n) is 3.96. The number of benzene rings is 1. The first-order valence-electron chi connectivity index (χ1n) is 5.79. The Morgan fingerprint density at radius 3 is 2.45 bits per heavy atom. The van der Waals surface area contributed by atoms with Gasteiger partial charge in [0.25, 0.3) is 5.56 Å². The molecule has 1 aromatic carbocycles. The normalized spacial score (nSPS) is 11.3. The molecule has 106 valence electrons. The van der Waals surface area contributed by atoms with Crippen LogP contribution < -0.4 is 10.3 Å². The van der Waals surface area contributed by atoms with E-state index in [1.54, 1.807) is 0 Å². The number of ether oxygens (including phenoxy) is 1. The maximum atomic E-state index is 12.4. The predicted octanol–water partition coefficient (Wildman–Crippen LogP) is 2.34. The Morgan fingerprint density at radius 2 is 1.85 bits per heavy atom. The Labute approximate surface area is 112 Å². The van der Waals surface area contributed by atoms with E-state index in [-0.39, 0.29) is 18.7 Å². The summed E-state index contributed by atoms with van der Waals surface area (Å²) in [7, 11) is 0. The fourth-order valence-electron chi connectivity index (χ4n) is 1.55. The molecule has 1 heterocycles. The van der Waals surface area contributed by atoms with Gasteiger partial charge < -0.3 is 4.74 Å². The third-order valence-corrected chi connectivity index (χ3v) is 2.54. The monoisotopic (exact) mass is 284 g/mol. The Kier molecular flexibility index (Phi) is 4.07. The summed E-state index contributed by atoms with van der Waals surface area (Å²) in [5, 5.41) is 3.83. The Balaban J connectivity index is 1.92. The zero-order chi connectivity index (χ0) is 14.6. The summed E-state index contributed by atoms with van der Waals surface area (Å²) in [6, 6.07) is 7.26. The molecule has 20 heavy (non-hydrogen) atoms. The molecule has 0 radical (unpaired) electrons. The van der Waals surface area contributed by atoms with Gasteiger partial charge in [-0.1, -0.05) is 0 Å². The molecule has 0 unspecified atom stereocenters. The molecule has 0 N–H and O–H groups in total. The molecule has 0 aliphatic heterocycles. The van der Waals surface area contributed by atoms with Gasteiger partial charge in [0.05, 0.1) is 12.1 Å². The van der Waals surface area contributed by atoms with Crippen molar-refractivity contribution in [3.8, 4) is 5.75 Å². The van der Waals surface area contributed by atoms with Crippen LogP contribution in [0, 0.1) is 0 Å². The van der Waals surface area contributed by atoms with Gasteiger partial charge in [-0.15, -0.1) is 0 Å². The molecule has 0 bridgehead atoms. The number of aromatic nitrogens is 2. The summed E-state index contributed by atoms with van der Waals surface area (Å²) in [4.78, 5) is 11.3. The van der Waals surface area contributed by atoms with Gasteiger partial charge in [0, 0.05) is 12.3 Å². The van der Waals surface area contributed by atoms with Crippen LogP contribution in [0.5, 0.6) is 5.75 Å². The van der Waals surface area contributed by atoms with Crippen molar-refractivity contribution in [2.45, 2.75) is 12.7 Å². The van der Waals surface area contributed by atoms with Crippen LogP contribution in [0.3, 0.4) is 0 Å². The minimum Gasteiger partial charge on any atom is -0.492 e. The van der Waals surface area contributed by atoms with Crippen molar-refractivity contribution in [2.75, 3.05) is 6.61 Å². The summed E-state index contributed by atoms with van der Waals surface area (Å²) in [6.45, 7) is 0.364. The van der Waals surface area contributed by atoms with E-state index in [1.807, 2.05) is 0 Å². The fourth-order valence-corrected chi connectivity index (χ4v) is 1.55. The van der Waals surface area contributed by atoms with Gasteiger partial charge in [0.1, 0.15) is 12.4 Å². The highest BCUT2D eigenvalue weighted by molar-refractivity contribution is 5.28. The van der Waals surface area contributed by atoms with E-state index < -0.39 is 11.7 Å². The third kappa shape index (κ3) is 3.59. The molecular weight excluding hydrogens is 273 g/mol. The summed E-state index contributed by atoms with van der Waals surface area (Å²) >= 11 is 0. The van der Waals surface area contributed by atoms with E-state index >= 15 is 0 Å². The van der Waals surface area contributed by atoms with Gasteiger partial charge in [-0.3, -0.25) is 4.79 Å². The van der Waals surface area contributed by atoms with Gasteiger partial charge in [-0.2, -0.15) is 18.3 Å². The molecule has 0 saturated carbocycles. The molecule has 0 amide bonds. The van der Waals surface area contributed by atoms with Gasteiger partial charge in [-0.25, -0.2) is 4.68 Å². The van der Waals surface area contributed by atoms with Crippen molar-refractivity contribution >= 4 is 0 Å². The van der Waals surface area contributed by atoms with Crippen molar-refractivity contribution in [1.29, 1.82) is 0 Å². The number of hydrogen-bond donors (Lipinski definition) is 0. The maximum Gasteiger partial charge on any atom is 0.416 e. The highest BCUT2D eigenvalue weighted by Crippen LogP contribution is 2.30. The van der Waals surface area contributed by atoms with Crippen LogP contribution in [0.1, 0.15) is 5.56 Å². The highest BCUT2D eigenvalue weighted by atomic mass is 19.4. The van der Waals surface area contributed by atoms with Gasteiger partial charge in [-0.05, 0) is 30.3 Å². The molecule has 0 atom stereocenters. The molecule has 2 rings (SSSR count). The zero-order valence-corrected chi connectivity index (χ0v) is 10.3. The molecule has 0 aliphatic carbocycles. The molecule has 1 aromatic heterocycles. The van der Waals surface area contributed by atoms with Crippen LogP contribution in [0.25, 0.3) is 0 Å². The third-order valence-electron chi connectivity index (χ3n) is 2.54. The predicted molar refractivity (Wildman–Crippen MR) is 65.4 cm³/mol. The van der Waals surface area contributed by atoms with E-state index in [0.717, 1.165) is 12.1 Å². The largest absolute Gasteiger partial charge is 0.492 e. The Hall–Kier alpha value is -2.31. The SMILES string of the molecule is O=c1cccnn1CCOc1ccc(C(F)(F)F)cc1. The highest BCUT2D eigenvalue weighted by Gasteiger charge is 2.29. The summed E-state index contributed by atoms with van der Waals surface area (Å²) in [5.41, 5.74) is -0.991. The van der Waals surface area contributed by atoms with Crippen LogP contribution in [-0.2, 0) is 12.7 Å². The average molecular weight is 284 g/mol. The van der Waals surface area contributed by atoms with Crippen molar-refractivity contribution in [2.24, 2.45) is 0 Å². The van der Waals surface area contributed by atoms with Crippen LogP contribution in [0.15, 0.2) is 47.4 Å². The van der Waals surface area contributed by atoms with Crippen molar-refractivity contribution < 1.29 is 17.9 Å². The lowest BCUT2D eigenvalue weighted by molar-refractivity contribution is -0.137.